The van der Waals surface area contributed by atoms with Gasteiger partial charge in [-0.2, -0.15) is 4.98 Å². The molecule has 1 saturated heterocycles. The number of hydrogen-bond acceptors (Lipinski definition) is 8. The van der Waals surface area contributed by atoms with Gasteiger partial charge in [0.25, 0.3) is 6.01 Å². The van der Waals surface area contributed by atoms with Gasteiger partial charge in [-0.1, -0.05) is 9.37 Å². The number of nitrogens with zero attached hydrogens (tertiary/aromatic N) is 4. The molecule has 1 aliphatic heterocycles. The van der Waals surface area contributed by atoms with Crippen molar-refractivity contribution in [2.75, 3.05) is 18.0 Å². The third-order valence-electron chi connectivity index (χ3n) is 4.48. The average molecular weight is 377 g/mol. The van der Waals surface area contributed by atoms with Crippen LogP contribution in [0.15, 0.2) is 32.2 Å². The van der Waals surface area contributed by atoms with Gasteiger partial charge in [-0.15, -0.1) is 4.72 Å². The van der Waals surface area contributed by atoms with E-state index in [1.165, 1.54) is 0 Å². The fourth-order valence-electron chi connectivity index (χ4n) is 3.22. The molecule has 26 heavy (non-hydrogen) atoms. The van der Waals surface area contributed by atoms with E-state index >= 15 is 0 Å². The lowest BCUT2D eigenvalue weighted by molar-refractivity contribution is 0.387. The van der Waals surface area contributed by atoms with Crippen molar-refractivity contribution in [3.05, 3.63) is 29.8 Å². The van der Waals surface area contributed by atoms with Crippen molar-refractivity contribution in [2.45, 2.75) is 37.6 Å². The molecule has 3 aromatic rings. The van der Waals surface area contributed by atoms with Crippen molar-refractivity contribution in [3.63, 3.8) is 0 Å². The molecule has 9 nitrogen and oxygen atoms in total. The van der Waals surface area contributed by atoms with Crippen molar-refractivity contribution in [2.24, 2.45) is 0 Å². The predicted molar refractivity (Wildman–Crippen MR) is 93.2 cm³/mol. The zero-order chi connectivity index (χ0) is 18.3. The van der Waals surface area contributed by atoms with Crippen LogP contribution in [0.1, 0.15) is 24.3 Å². The average Bonchev–Trinajstić information content (AvgIpc) is 3.18. The SMILES string of the molecule is Cc1noc(C)c1[S+](=O)([O-])NC1CCN(c2nc3ncccc3o2)CC1. The van der Waals surface area contributed by atoms with E-state index in [-0.39, 0.29) is 10.9 Å². The quantitative estimate of drug-likeness (QED) is 0.685. The van der Waals surface area contributed by atoms with E-state index in [2.05, 4.69) is 19.8 Å². The Morgan fingerprint density at radius 2 is 2.12 bits per heavy atom. The second-order valence-corrected chi connectivity index (χ2v) is 8.01. The lowest BCUT2D eigenvalue weighted by Crippen LogP contribution is -2.47. The summed E-state index contributed by atoms with van der Waals surface area (Å²) < 4.78 is 38.7. The van der Waals surface area contributed by atoms with Gasteiger partial charge in [-0.25, -0.2) is 4.98 Å². The van der Waals surface area contributed by atoms with Gasteiger partial charge in [0.15, 0.2) is 21.7 Å². The van der Waals surface area contributed by atoms with Crippen molar-refractivity contribution in [1.82, 2.24) is 19.8 Å². The standard InChI is InChI=1S/C16H19N5O4S/c1-10-14(11(2)25-19-10)26(22,23)20-12-5-8-21(9-6-12)16-18-15-13(24-16)4-3-7-17-15/h3-4,7,12H,5-6,8-9H2,1-2H3,(H-,20,22,23). The van der Waals surface area contributed by atoms with Crippen LogP contribution in [0.5, 0.6) is 0 Å². The summed E-state index contributed by atoms with van der Waals surface area (Å²) in [5.74, 6) is 0.298. The summed E-state index contributed by atoms with van der Waals surface area (Å²) in [7, 11) is -3.65. The molecule has 1 fully saturated rings. The van der Waals surface area contributed by atoms with Crippen LogP contribution in [-0.4, -0.2) is 38.8 Å². The fraction of sp³-hybridized carbons (Fsp3) is 0.438. The largest absolute Gasteiger partial charge is 0.593 e. The molecular weight excluding hydrogens is 358 g/mol. The van der Waals surface area contributed by atoms with Crippen LogP contribution in [0.4, 0.5) is 6.01 Å². The smallest absolute Gasteiger partial charge is 0.299 e. The molecule has 1 aliphatic rings. The lowest BCUT2D eigenvalue weighted by atomic mass is 10.1. The highest BCUT2D eigenvalue weighted by Gasteiger charge is 2.34. The van der Waals surface area contributed by atoms with Gasteiger partial charge in [0.1, 0.15) is 5.69 Å². The molecule has 10 heteroatoms. The number of fused-ring (bicyclic) bond motifs is 1. The first-order valence-corrected chi connectivity index (χ1v) is 9.84. The normalized spacial score (nSPS) is 18.3. The van der Waals surface area contributed by atoms with Crippen LogP contribution in [0.3, 0.4) is 0 Å². The Hall–Kier alpha value is -2.30. The number of aromatic nitrogens is 3. The van der Waals surface area contributed by atoms with Crippen LogP contribution in [0.25, 0.3) is 11.2 Å². The minimum atomic E-state index is -3.65. The summed E-state index contributed by atoms with van der Waals surface area (Å²) in [5.41, 5.74) is 1.58. The van der Waals surface area contributed by atoms with Crippen molar-refractivity contribution >= 4 is 27.6 Å². The van der Waals surface area contributed by atoms with E-state index in [9.17, 15) is 8.76 Å². The van der Waals surface area contributed by atoms with Crippen molar-refractivity contribution in [1.29, 1.82) is 0 Å². The Balaban J connectivity index is 1.43. The molecule has 3 aromatic heterocycles. The van der Waals surface area contributed by atoms with E-state index < -0.39 is 10.4 Å². The van der Waals surface area contributed by atoms with Crippen LogP contribution in [-0.2, 0) is 14.6 Å². The number of hydrogen-bond donors (Lipinski definition) is 1. The predicted octanol–water partition coefficient (Wildman–Crippen LogP) is 1.99. The van der Waals surface area contributed by atoms with Gasteiger partial charge in [0, 0.05) is 26.2 Å². The van der Waals surface area contributed by atoms with Gasteiger partial charge < -0.3 is 18.4 Å². The van der Waals surface area contributed by atoms with E-state index in [4.69, 9.17) is 8.94 Å². The lowest BCUT2D eigenvalue weighted by Gasteiger charge is -2.31. The number of piperidine rings is 1. The van der Waals surface area contributed by atoms with E-state index in [0.717, 1.165) is 0 Å². The van der Waals surface area contributed by atoms with Gasteiger partial charge >= 0.3 is 0 Å². The molecule has 1 N–H and O–H groups in total. The molecule has 1 unspecified atom stereocenters. The second kappa shape index (κ2) is 6.45. The summed E-state index contributed by atoms with van der Waals surface area (Å²) in [5, 5.41) is 3.72. The first kappa shape index (κ1) is 17.1. The number of nitrogens with one attached hydrogen (secondary N) is 1. The molecule has 0 aliphatic carbocycles. The topological polar surface area (TPSA) is 120 Å². The minimum absolute atomic E-state index is 0.130. The maximum atomic E-state index is 12.6. The van der Waals surface area contributed by atoms with Crippen molar-refractivity contribution in [3.8, 4) is 0 Å². The number of sulfonamides is 1. The third-order valence-corrected chi connectivity index (χ3v) is 6.24. The van der Waals surface area contributed by atoms with Gasteiger partial charge in [-0.05, 0) is 31.9 Å². The monoisotopic (exact) mass is 377 g/mol. The fourth-order valence-corrected chi connectivity index (χ4v) is 4.85. The molecule has 0 bridgehead atoms. The number of rotatable bonds is 4. The maximum absolute atomic E-state index is 12.6. The maximum Gasteiger partial charge on any atom is 0.299 e. The Bertz CT molecular complexity index is 924. The molecule has 4 heterocycles. The summed E-state index contributed by atoms with van der Waals surface area (Å²) >= 11 is 0. The Labute approximate surface area is 151 Å². The van der Waals surface area contributed by atoms with Crippen LogP contribution in [0, 0.1) is 13.8 Å². The third kappa shape index (κ3) is 3.11. The summed E-state index contributed by atoms with van der Waals surface area (Å²) in [6, 6.07) is 3.98. The minimum Gasteiger partial charge on any atom is -0.593 e. The molecular formula is C16H19N5O4S. The second-order valence-electron chi connectivity index (χ2n) is 6.36. The van der Waals surface area contributed by atoms with Gasteiger partial charge in [-0.3, -0.25) is 0 Å². The highest BCUT2D eigenvalue weighted by atomic mass is 32.3. The molecule has 1 atom stereocenters. The van der Waals surface area contributed by atoms with E-state index in [1.807, 2.05) is 11.0 Å². The van der Waals surface area contributed by atoms with Gasteiger partial charge in [0.2, 0.25) is 10.5 Å². The zero-order valence-electron chi connectivity index (χ0n) is 14.5. The molecule has 0 amide bonds. The summed E-state index contributed by atoms with van der Waals surface area (Å²) in [6.07, 6.45) is 2.97. The highest BCUT2D eigenvalue weighted by molar-refractivity contribution is 7.95. The Morgan fingerprint density at radius 1 is 1.35 bits per heavy atom. The summed E-state index contributed by atoms with van der Waals surface area (Å²) in [6.45, 7) is 4.50. The molecule has 138 valence electrons. The van der Waals surface area contributed by atoms with Crippen LogP contribution in [0.2, 0.25) is 0 Å². The number of oxazole rings is 1. The van der Waals surface area contributed by atoms with E-state index in [1.54, 1.807) is 26.1 Å². The number of anilines is 1. The van der Waals surface area contributed by atoms with Crippen LogP contribution >= 0.6 is 0 Å². The molecule has 0 spiro atoms. The molecule has 0 radical (unpaired) electrons. The first-order chi connectivity index (χ1) is 12.4. The molecule has 4 rings (SSSR count). The zero-order valence-corrected chi connectivity index (χ0v) is 15.3. The Morgan fingerprint density at radius 3 is 2.77 bits per heavy atom. The van der Waals surface area contributed by atoms with Crippen LogP contribution < -0.4 is 9.62 Å². The number of aryl methyl sites for hydroxylation is 2. The van der Waals surface area contributed by atoms with Crippen molar-refractivity contribution < 1.29 is 17.7 Å². The Kier molecular flexibility index (Phi) is 4.25. The van der Waals surface area contributed by atoms with E-state index in [0.29, 0.717) is 54.6 Å². The molecule has 0 aromatic carbocycles. The van der Waals surface area contributed by atoms with Gasteiger partial charge in [0.05, 0.1) is 6.04 Å². The molecule has 0 saturated carbocycles. The number of pyridine rings is 1. The first-order valence-electron chi connectivity index (χ1n) is 8.36. The summed E-state index contributed by atoms with van der Waals surface area (Å²) in [4.78, 5) is 10.7. The highest BCUT2D eigenvalue weighted by Crippen LogP contribution is 2.26.